The van der Waals surface area contributed by atoms with Crippen molar-refractivity contribution < 1.29 is 14.3 Å². The molecule has 0 aliphatic carbocycles. The average molecular weight is 463 g/mol. The summed E-state index contributed by atoms with van der Waals surface area (Å²) in [6.45, 7) is 0.749. The lowest BCUT2D eigenvalue weighted by Crippen LogP contribution is -2.25. The number of anilines is 1. The molecule has 3 N–H and O–H groups in total. The first-order chi connectivity index (χ1) is 16.1. The second kappa shape index (κ2) is 10.8. The SMILES string of the molecule is O=C(NCc1ccccn1)c1ccc(-c2ccc(CO)s2)nc1NCCc1cccc(F)c1. The molecule has 8 heteroatoms. The van der Waals surface area contributed by atoms with E-state index in [1.807, 2.05) is 36.4 Å². The molecule has 0 saturated carbocycles. The van der Waals surface area contributed by atoms with E-state index >= 15 is 0 Å². The lowest BCUT2D eigenvalue weighted by molar-refractivity contribution is 0.0951. The molecule has 1 amide bonds. The van der Waals surface area contributed by atoms with Gasteiger partial charge < -0.3 is 15.7 Å². The maximum Gasteiger partial charge on any atom is 0.255 e. The Balaban J connectivity index is 1.53. The zero-order chi connectivity index (χ0) is 23.0. The minimum Gasteiger partial charge on any atom is -0.391 e. The maximum absolute atomic E-state index is 13.5. The Kier molecular flexibility index (Phi) is 7.39. The highest BCUT2D eigenvalue weighted by Gasteiger charge is 2.15. The van der Waals surface area contributed by atoms with Crippen molar-refractivity contribution in [3.8, 4) is 10.6 Å². The van der Waals surface area contributed by atoms with Crippen LogP contribution < -0.4 is 10.6 Å². The van der Waals surface area contributed by atoms with Gasteiger partial charge in [0, 0.05) is 17.6 Å². The van der Waals surface area contributed by atoms with Crippen molar-refractivity contribution in [1.82, 2.24) is 15.3 Å². The lowest BCUT2D eigenvalue weighted by Gasteiger charge is -2.13. The molecule has 3 aromatic heterocycles. The van der Waals surface area contributed by atoms with Gasteiger partial charge in [-0.3, -0.25) is 9.78 Å². The fraction of sp³-hybridized carbons (Fsp3) is 0.160. The number of aliphatic hydroxyl groups is 1. The normalized spacial score (nSPS) is 10.7. The smallest absolute Gasteiger partial charge is 0.255 e. The third-order valence-corrected chi connectivity index (χ3v) is 6.05. The highest BCUT2D eigenvalue weighted by Crippen LogP contribution is 2.29. The van der Waals surface area contributed by atoms with E-state index < -0.39 is 0 Å². The van der Waals surface area contributed by atoms with Gasteiger partial charge in [-0.15, -0.1) is 11.3 Å². The number of carbonyl (C=O) groups is 1. The van der Waals surface area contributed by atoms with E-state index in [9.17, 15) is 14.3 Å². The van der Waals surface area contributed by atoms with Gasteiger partial charge >= 0.3 is 0 Å². The van der Waals surface area contributed by atoms with Crippen molar-refractivity contribution in [3.63, 3.8) is 0 Å². The topological polar surface area (TPSA) is 87.1 Å². The van der Waals surface area contributed by atoms with E-state index in [4.69, 9.17) is 0 Å². The summed E-state index contributed by atoms with van der Waals surface area (Å²) in [6, 6.07) is 19.2. The third kappa shape index (κ3) is 6.00. The summed E-state index contributed by atoms with van der Waals surface area (Å²) in [6.07, 6.45) is 2.26. The largest absolute Gasteiger partial charge is 0.391 e. The van der Waals surface area contributed by atoms with E-state index in [2.05, 4.69) is 20.6 Å². The van der Waals surface area contributed by atoms with Crippen LogP contribution in [0, 0.1) is 5.82 Å². The van der Waals surface area contributed by atoms with Crippen LogP contribution in [0.15, 0.2) is 72.9 Å². The highest BCUT2D eigenvalue weighted by atomic mass is 32.1. The van der Waals surface area contributed by atoms with E-state index in [0.717, 1.165) is 21.0 Å². The lowest BCUT2D eigenvalue weighted by atomic mass is 10.1. The molecule has 168 valence electrons. The molecule has 0 radical (unpaired) electrons. The molecular weight excluding hydrogens is 439 g/mol. The number of amides is 1. The summed E-state index contributed by atoms with van der Waals surface area (Å²) < 4.78 is 13.5. The van der Waals surface area contributed by atoms with E-state index in [1.165, 1.54) is 23.5 Å². The quantitative estimate of drug-likeness (QED) is 0.343. The maximum atomic E-state index is 13.5. The van der Waals surface area contributed by atoms with Crippen molar-refractivity contribution >= 4 is 23.1 Å². The van der Waals surface area contributed by atoms with Gasteiger partial charge in [-0.25, -0.2) is 9.37 Å². The van der Waals surface area contributed by atoms with Gasteiger partial charge in [-0.1, -0.05) is 18.2 Å². The highest BCUT2D eigenvalue weighted by molar-refractivity contribution is 7.15. The van der Waals surface area contributed by atoms with Gasteiger partial charge in [0.15, 0.2) is 0 Å². The standard InChI is InChI=1S/C25H23FN4O2S/c26-18-5-3-4-17(14-18)11-13-28-24-21(25(32)29-15-19-6-1-2-12-27-19)8-9-22(30-24)23-10-7-20(16-31)33-23/h1-10,12,14,31H,11,13,15-16H2,(H,28,30)(H,29,32). The number of pyridine rings is 2. The van der Waals surface area contributed by atoms with E-state index in [-0.39, 0.29) is 18.3 Å². The Hall–Kier alpha value is -3.62. The summed E-state index contributed by atoms with van der Waals surface area (Å²) in [5.41, 5.74) is 2.72. The first-order valence-corrected chi connectivity index (χ1v) is 11.3. The van der Waals surface area contributed by atoms with Crippen LogP contribution in [0.3, 0.4) is 0 Å². The second-order valence-corrected chi connectivity index (χ2v) is 8.50. The molecule has 0 aliphatic heterocycles. The monoisotopic (exact) mass is 462 g/mol. The number of hydrogen-bond acceptors (Lipinski definition) is 6. The number of nitrogens with one attached hydrogen (secondary N) is 2. The van der Waals surface area contributed by atoms with Crippen molar-refractivity contribution in [3.05, 3.63) is 100 Å². The molecule has 0 spiro atoms. The fourth-order valence-corrected chi connectivity index (χ4v) is 4.14. The zero-order valence-electron chi connectivity index (χ0n) is 17.8. The Morgan fingerprint density at radius 1 is 1.06 bits per heavy atom. The minimum atomic E-state index is -0.278. The third-order valence-electron chi connectivity index (χ3n) is 4.96. The molecule has 6 nitrogen and oxygen atoms in total. The summed E-state index contributed by atoms with van der Waals surface area (Å²) in [5, 5.41) is 15.5. The Labute approximate surface area is 195 Å². The average Bonchev–Trinajstić information content (AvgIpc) is 3.33. The van der Waals surface area contributed by atoms with Gasteiger partial charge in [0.2, 0.25) is 0 Å². The van der Waals surface area contributed by atoms with Crippen molar-refractivity contribution in [2.24, 2.45) is 0 Å². The summed E-state index contributed by atoms with van der Waals surface area (Å²) in [4.78, 5) is 23.6. The van der Waals surface area contributed by atoms with Gasteiger partial charge in [-0.2, -0.15) is 0 Å². The number of aromatic nitrogens is 2. The van der Waals surface area contributed by atoms with Crippen LogP contribution in [-0.4, -0.2) is 27.5 Å². The van der Waals surface area contributed by atoms with Crippen molar-refractivity contribution in [2.75, 3.05) is 11.9 Å². The molecule has 3 heterocycles. The minimum absolute atomic E-state index is 0.0303. The van der Waals surface area contributed by atoms with Gasteiger partial charge in [0.05, 0.1) is 35.0 Å². The molecule has 0 fully saturated rings. The van der Waals surface area contributed by atoms with E-state index in [1.54, 1.807) is 24.4 Å². The number of rotatable bonds is 9. The second-order valence-electron chi connectivity index (χ2n) is 7.33. The Morgan fingerprint density at radius 3 is 2.73 bits per heavy atom. The first-order valence-electron chi connectivity index (χ1n) is 10.5. The molecule has 0 saturated heterocycles. The van der Waals surface area contributed by atoms with Crippen LogP contribution >= 0.6 is 11.3 Å². The molecular formula is C25H23FN4O2S. The van der Waals surface area contributed by atoms with Crippen LogP contribution in [0.4, 0.5) is 10.2 Å². The molecule has 0 atom stereocenters. The predicted octanol–water partition coefficient (Wildman–Crippen LogP) is 4.42. The molecule has 0 bridgehead atoms. The first kappa shape index (κ1) is 22.6. The number of halogens is 1. The number of nitrogens with zero attached hydrogens (tertiary/aromatic N) is 2. The van der Waals surface area contributed by atoms with Gasteiger partial charge in [0.25, 0.3) is 5.91 Å². The zero-order valence-corrected chi connectivity index (χ0v) is 18.6. The fourth-order valence-electron chi connectivity index (χ4n) is 3.30. The van der Waals surface area contributed by atoms with Crippen LogP contribution in [0.1, 0.15) is 26.5 Å². The molecule has 33 heavy (non-hydrogen) atoms. The number of hydrogen-bond donors (Lipinski definition) is 3. The van der Waals surface area contributed by atoms with Crippen LogP contribution in [0.2, 0.25) is 0 Å². The predicted molar refractivity (Wildman–Crippen MR) is 127 cm³/mol. The summed E-state index contributed by atoms with van der Waals surface area (Å²) >= 11 is 1.45. The van der Waals surface area contributed by atoms with Crippen LogP contribution in [0.5, 0.6) is 0 Å². The molecule has 0 aliphatic rings. The number of thiophene rings is 1. The molecule has 4 rings (SSSR count). The number of benzene rings is 1. The van der Waals surface area contributed by atoms with Gasteiger partial charge in [0.1, 0.15) is 11.6 Å². The molecule has 0 unspecified atom stereocenters. The number of carbonyl (C=O) groups excluding carboxylic acids is 1. The molecule has 1 aromatic carbocycles. The summed E-state index contributed by atoms with van der Waals surface area (Å²) in [5.74, 6) is -0.101. The summed E-state index contributed by atoms with van der Waals surface area (Å²) in [7, 11) is 0. The van der Waals surface area contributed by atoms with Crippen molar-refractivity contribution in [1.29, 1.82) is 0 Å². The van der Waals surface area contributed by atoms with Crippen molar-refractivity contribution in [2.45, 2.75) is 19.6 Å². The molecule has 4 aromatic rings. The van der Waals surface area contributed by atoms with E-state index in [0.29, 0.717) is 36.6 Å². The van der Waals surface area contributed by atoms with Crippen LogP contribution in [0.25, 0.3) is 10.6 Å². The van der Waals surface area contributed by atoms with Gasteiger partial charge in [-0.05, 0) is 60.5 Å². The van der Waals surface area contributed by atoms with Crippen LogP contribution in [-0.2, 0) is 19.6 Å². The number of aliphatic hydroxyl groups excluding tert-OH is 1. The Bertz CT molecular complexity index is 1230. The Morgan fingerprint density at radius 2 is 1.97 bits per heavy atom.